The molecule has 0 amide bonds. The first-order valence-corrected chi connectivity index (χ1v) is 3.05. The van der Waals surface area contributed by atoms with Gasteiger partial charge in [-0.05, 0) is 0 Å². The van der Waals surface area contributed by atoms with E-state index in [2.05, 4.69) is 22.9 Å². The van der Waals surface area contributed by atoms with Gasteiger partial charge in [0.25, 0.3) is 0 Å². The maximum Gasteiger partial charge on any atom is 0.624 e. The fourth-order valence-electron chi connectivity index (χ4n) is 0.499. The Morgan fingerprint density at radius 2 is 2.25 bits per heavy atom. The maximum atomic E-state index is 8.76. The maximum absolute atomic E-state index is 8.76. The third-order valence-corrected chi connectivity index (χ3v) is 0.995. The Morgan fingerprint density at radius 3 is 2.83 bits per heavy atom. The van der Waals surface area contributed by atoms with Gasteiger partial charge in [0.1, 0.15) is 0 Å². The summed E-state index contributed by atoms with van der Waals surface area (Å²) in [7, 11) is -2.13. The lowest BCUT2D eigenvalue weighted by Crippen LogP contribution is -2.47. The molecule has 1 heterocycles. The molecule has 1 rings (SSSR count). The summed E-state index contributed by atoms with van der Waals surface area (Å²) in [5, 5.41) is 17.5. The van der Waals surface area contributed by atoms with Gasteiger partial charge in [0.2, 0.25) is 0 Å². The van der Waals surface area contributed by atoms with Gasteiger partial charge in [-0.1, -0.05) is 0 Å². The van der Waals surface area contributed by atoms with E-state index in [4.69, 9.17) is 10.0 Å². The van der Waals surface area contributed by atoms with Crippen LogP contribution in [0.4, 0.5) is 0 Å². The summed E-state index contributed by atoms with van der Waals surface area (Å²) in [6.07, 6.45) is 0. The molecule has 0 unspecified atom stereocenters. The third kappa shape index (κ3) is 3.15. The van der Waals surface area contributed by atoms with E-state index in [9.17, 15) is 0 Å². The predicted molar refractivity (Wildman–Crippen MR) is 38.8 cm³/mol. The Labute approximate surface area is 70.7 Å². The summed E-state index contributed by atoms with van der Waals surface area (Å²) in [5.74, 6) is 0. The smallest absolute Gasteiger partial charge is 0.429 e. The van der Waals surface area contributed by atoms with E-state index in [0.29, 0.717) is 0 Å². The quantitative estimate of drug-likeness (QED) is 0.444. The molecule has 0 bridgehead atoms. The molecule has 0 atom stereocenters. The van der Waals surface area contributed by atoms with Gasteiger partial charge in [-0.15, -0.1) is 0 Å². The fraction of sp³-hybridized carbons (Fsp3) is 1.00. The van der Waals surface area contributed by atoms with Gasteiger partial charge in [0.05, 0.1) is 0 Å². The van der Waals surface area contributed by atoms with Gasteiger partial charge in [0.15, 0.2) is 0 Å². The van der Waals surface area contributed by atoms with Crippen molar-refractivity contribution in [1.29, 1.82) is 0 Å². The molecule has 0 saturated carbocycles. The van der Waals surface area contributed by atoms with Crippen molar-refractivity contribution in [3.63, 3.8) is 0 Å². The van der Waals surface area contributed by atoms with Crippen molar-refractivity contribution in [3.8, 4) is 0 Å². The Balaban J connectivity index is 2.22. The van der Waals surface area contributed by atoms with Crippen molar-refractivity contribution in [2.75, 3.05) is 7.11 Å². The first-order valence-electron chi connectivity index (χ1n) is 3.05. The highest BCUT2D eigenvalue weighted by Gasteiger charge is 2.38. The second-order valence-corrected chi connectivity index (χ2v) is 1.78. The van der Waals surface area contributed by atoms with Crippen LogP contribution in [0, 0.1) is 0 Å². The highest BCUT2D eigenvalue weighted by molar-refractivity contribution is 6.65. The van der Waals surface area contributed by atoms with Gasteiger partial charge < -0.3 is 33.0 Å². The zero-order valence-corrected chi connectivity index (χ0v) is 6.25. The van der Waals surface area contributed by atoms with E-state index in [0.717, 1.165) is 7.69 Å². The van der Waals surface area contributed by atoms with Gasteiger partial charge in [-0.25, -0.2) is 0 Å². The molecule has 12 heavy (non-hydrogen) atoms. The summed E-state index contributed by atoms with van der Waals surface area (Å²) >= 11 is 0. The molecule has 1 saturated heterocycles. The van der Waals surface area contributed by atoms with Gasteiger partial charge >= 0.3 is 29.6 Å². The van der Waals surface area contributed by atoms with E-state index < -0.39 is 22.0 Å². The molecule has 1 radical (unpaired) electrons. The molecule has 1 aliphatic rings. The van der Waals surface area contributed by atoms with Crippen molar-refractivity contribution in [2.24, 2.45) is 0 Å². The lowest BCUT2D eigenvalue weighted by molar-refractivity contribution is 0.151. The van der Waals surface area contributed by atoms with Crippen molar-refractivity contribution in [1.82, 2.24) is 0 Å². The van der Waals surface area contributed by atoms with Crippen LogP contribution in [-0.4, -0.2) is 46.8 Å². The van der Waals surface area contributed by atoms with Gasteiger partial charge in [-0.3, -0.25) is 0 Å². The second-order valence-electron chi connectivity index (χ2n) is 1.78. The van der Waals surface area contributed by atoms with Crippen LogP contribution in [0.25, 0.3) is 0 Å². The van der Waals surface area contributed by atoms with Crippen LogP contribution >= 0.6 is 0 Å². The van der Waals surface area contributed by atoms with Crippen molar-refractivity contribution < 1.29 is 33.0 Å². The molecule has 0 spiro atoms. The Morgan fingerprint density at radius 1 is 1.50 bits per heavy atom. The van der Waals surface area contributed by atoms with Gasteiger partial charge in [0, 0.05) is 7.11 Å². The molecular weight excluding hydrogens is 167 g/mol. The highest BCUT2D eigenvalue weighted by Crippen LogP contribution is 2.01. The molecule has 0 aromatic carbocycles. The van der Waals surface area contributed by atoms with Crippen LogP contribution in [0.15, 0.2) is 0 Å². The minimum absolute atomic E-state index is 0.835. The predicted octanol–water partition coefficient (Wildman–Crippen LogP) is -2.81. The van der Waals surface area contributed by atoms with Crippen molar-refractivity contribution in [3.05, 3.63) is 0 Å². The lowest BCUT2D eigenvalue weighted by Gasteiger charge is -2.20. The number of hydrogen-bond donors (Lipinski definition) is 2. The molecule has 7 nitrogen and oxygen atoms in total. The van der Waals surface area contributed by atoms with Crippen LogP contribution < -0.4 is 0 Å². The fourth-order valence-corrected chi connectivity index (χ4v) is 0.499. The SMILES string of the molecule is COB(O)OB1O[B]OB(O)O1. The topological polar surface area (TPSA) is 86.6 Å². The Hall–Kier alpha value is -0.0203. The molecule has 11 heteroatoms. The standard InChI is InChI=1S/CH5B4O7/c1-8-3(6)11-5-10-2-9-4(7)12-5/h6-7H,1H3. The second kappa shape index (κ2) is 4.87. The summed E-state index contributed by atoms with van der Waals surface area (Å²) in [4.78, 5) is 0. The van der Waals surface area contributed by atoms with Crippen molar-refractivity contribution in [2.45, 2.75) is 0 Å². The monoisotopic (exact) mass is 173 g/mol. The lowest BCUT2D eigenvalue weighted by atomic mass is 9.99. The highest BCUT2D eigenvalue weighted by atomic mass is 16.8. The van der Waals surface area contributed by atoms with Crippen LogP contribution in [0.2, 0.25) is 0 Å². The zero-order chi connectivity index (χ0) is 8.97. The van der Waals surface area contributed by atoms with Crippen LogP contribution in [0.3, 0.4) is 0 Å². The summed E-state index contributed by atoms with van der Waals surface area (Å²) in [6, 6.07) is 0. The summed E-state index contributed by atoms with van der Waals surface area (Å²) in [6.45, 7) is 0. The minimum Gasteiger partial charge on any atom is -0.429 e. The molecule has 0 aromatic rings. The molecule has 0 aromatic heterocycles. The van der Waals surface area contributed by atoms with E-state index in [1.54, 1.807) is 0 Å². The molecule has 1 fully saturated rings. The van der Waals surface area contributed by atoms with E-state index in [-0.39, 0.29) is 0 Å². The Kier molecular flexibility index (Phi) is 4.09. The normalized spacial score (nSPS) is 17.6. The first kappa shape index (κ1) is 10.1. The molecule has 1 aliphatic heterocycles. The van der Waals surface area contributed by atoms with E-state index >= 15 is 0 Å². The largest absolute Gasteiger partial charge is 0.624 e. The average molecular weight is 172 g/mol. The van der Waals surface area contributed by atoms with Crippen LogP contribution in [-0.2, 0) is 22.9 Å². The van der Waals surface area contributed by atoms with Crippen molar-refractivity contribution >= 4 is 29.6 Å². The molecular formula is CH5B4O7. The minimum atomic E-state index is -1.48. The third-order valence-electron chi connectivity index (χ3n) is 0.995. The molecule has 0 aliphatic carbocycles. The molecule has 2 N–H and O–H groups in total. The van der Waals surface area contributed by atoms with E-state index in [1.807, 2.05) is 0 Å². The molecule has 63 valence electrons. The first-order chi connectivity index (χ1) is 5.72. The Bertz CT molecular complexity index is 133. The average Bonchev–Trinajstić information content (AvgIpc) is 2.04. The van der Waals surface area contributed by atoms with E-state index in [1.165, 1.54) is 7.11 Å². The summed E-state index contributed by atoms with van der Waals surface area (Å²) in [5.41, 5.74) is 0. The summed E-state index contributed by atoms with van der Waals surface area (Å²) < 4.78 is 22.2. The zero-order valence-electron chi connectivity index (χ0n) is 6.25. The number of hydrogen-bond acceptors (Lipinski definition) is 7. The van der Waals surface area contributed by atoms with Crippen LogP contribution in [0.5, 0.6) is 0 Å². The van der Waals surface area contributed by atoms with Crippen LogP contribution in [0.1, 0.15) is 0 Å². The number of rotatable bonds is 3. The van der Waals surface area contributed by atoms with Gasteiger partial charge in [-0.2, -0.15) is 0 Å².